The summed E-state index contributed by atoms with van der Waals surface area (Å²) in [6.07, 6.45) is -3.49. The number of amides is 1. The van der Waals surface area contributed by atoms with Gasteiger partial charge in [-0.3, -0.25) is 5.32 Å². The van der Waals surface area contributed by atoms with Crippen LogP contribution in [-0.2, 0) is 23.7 Å². The van der Waals surface area contributed by atoms with Crippen LogP contribution in [0, 0.1) is 0 Å². The number of carbonyl (C=O) groups excluding carboxylic acids is 2. The average Bonchev–Trinajstić information content (AvgIpc) is 3.98. The molecule has 0 radical (unpaired) electrons. The summed E-state index contributed by atoms with van der Waals surface area (Å²) in [6, 6.07) is 40.8. The first-order chi connectivity index (χ1) is 30.5. The summed E-state index contributed by atoms with van der Waals surface area (Å²) in [7, 11) is 0. The van der Waals surface area contributed by atoms with Crippen molar-refractivity contribution in [3.8, 4) is 28.1 Å². The zero-order chi connectivity index (χ0) is 41.7. The first-order valence-corrected chi connectivity index (χ1v) is 20.5. The molecule has 310 valence electrons. The Hall–Kier alpha value is -6.97. The molecule has 4 aliphatic rings. The number of fused-ring (bicyclic) bond motifs is 8. The van der Waals surface area contributed by atoms with E-state index in [1.165, 1.54) is 6.33 Å². The number of imidazole rings is 1. The Bertz CT molecular complexity index is 2740. The van der Waals surface area contributed by atoms with Crippen molar-refractivity contribution in [2.24, 2.45) is 0 Å². The van der Waals surface area contributed by atoms with Gasteiger partial charge in [0.15, 0.2) is 17.5 Å². The largest absolute Gasteiger partial charge is 0.515 e. The van der Waals surface area contributed by atoms with Crippen molar-refractivity contribution < 1.29 is 43.1 Å². The Kier molecular flexibility index (Phi) is 9.69. The third-order valence-corrected chi connectivity index (χ3v) is 12.2. The normalized spacial score (nSPS) is 21.3. The molecule has 14 nitrogen and oxygen atoms in total. The molecule has 2 saturated heterocycles. The number of rotatable bonds is 8. The van der Waals surface area contributed by atoms with Crippen LogP contribution in [-0.4, -0.2) is 81.6 Å². The Labute approximate surface area is 355 Å². The minimum absolute atomic E-state index is 0.00222. The molecule has 14 heteroatoms. The molecule has 0 unspecified atom stereocenters. The molecule has 0 saturated carbocycles. The fraction of sp³-hybridized carbons (Fsp3) is 0.229. The lowest BCUT2D eigenvalue weighted by Crippen LogP contribution is -2.56. The fourth-order valence-electron chi connectivity index (χ4n) is 9.24. The van der Waals surface area contributed by atoms with Gasteiger partial charge < -0.3 is 38.1 Å². The van der Waals surface area contributed by atoms with Gasteiger partial charge in [-0.1, -0.05) is 127 Å². The average molecular weight is 830 g/mol. The van der Waals surface area contributed by atoms with Crippen LogP contribution in [0.4, 0.5) is 15.5 Å². The van der Waals surface area contributed by atoms with Gasteiger partial charge in [0.2, 0.25) is 5.95 Å². The van der Waals surface area contributed by atoms with E-state index in [1.807, 2.05) is 103 Å². The SMILES string of the molecule is O=C(Nc1nc(OC(=O)OCC2c3ccccc3-c3ccccc32)c2ncn([C@@H]3CO[C@@H]4CO[C@@H](c5ccccc5)O[C@H]4[C@H]3O)c2n1)OCC1c2ccccc2-c2ccccc21. The number of carbonyl (C=O) groups is 2. The number of ether oxygens (including phenoxy) is 6. The molecule has 5 atom stereocenters. The van der Waals surface area contributed by atoms with Crippen LogP contribution in [0.25, 0.3) is 33.4 Å². The standard InChI is InChI=1S/C48H39N5O9/c54-41-38(24-57-39-25-58-45(61-42(39)41)27-12-2-1-3-13-27)53-26-49-40-43(53)50-46(52-47(55)59-22-36-32-18-8-4-14-28(32)29-15-5-9-19-33(29)36)51-44(40)62-48(56)60-23-37-34-20-10-6-16-30(34)31-17-7-11-21-35(31)37/h1-21,26,36-39,41-42,45,54H,22-25H2,(H,50,51,52,55)/t38-,39-,41+,42-,45-/m1/s1. The van der Waals surface area contributed by atoms with Crippen LogP contribution in [0.3, 0.4) is 0 Å². The number of benzene rings is 5. The predicted octanol–water partition coefficient (Wildman–Crippen LogP) is 7.93. The zero-order valence-electron chi connectivity index (χ0n) is 33.1. The van der Waals surface area contributed by atoms with Gasteiger partial charge in [0.1, 0.15) is 31.5 Å². The molecule has 2 aliphatic heterocycles. The van der Waals surface area contributed by atoms with E-state index < -0.39 is 42.9 Å². The van der Waals surface area contributed by atoms with Crippen molar-refractivity contribution in [3.05, 3.63) is 162 Å². The molecule has 2 fully saturated rings. The number of aliphatic hydroxyl groups excluding tert-OH is 1. The first-order valence-electron chi connectivity index (χ1n) is 20.5. The monoisotopic (exact) mass is 829 g/mol. The van der Waals surface area contributed by atoms with E-state index in [1.54, 1.807) is 4.57 Å². The van der Waals surface area contributed by atoms with E-state index in [9.17, 15) is 14.7 Å². The maximum atomic E-state index is 13.5. The quantitative estimate of drug-likeness (QED) is 0.142. The third-order valence-electron chi connectivity index (χ3n) is 12.2. The second-order valence-electron chi connectivity index (χ2n) is 15.6. The minimum Gasteiger partial charge on any atom is -0.448 e. The van der Waals surface area contributed by atoms with Crippen molar-refractivity contribution >= 4 is 29.4 Å². The van der Waals surface area contributed by atoms with Crippen LogP contribution in [0.1, 0.15) is 52.0 Å². The molecule has 2 aromatic heterocycles. The summed E-state index contributed by atoms with van der Waals surface area (Å²) in [6.45, 7) is 0.318. The highest BCUT2D eigenvalue weighted by molar-refractivity contribution is 5.87. The van der Waals surface area contributed by atoms with Crippen LogP contribution >= 0.6 is 0 Å². The summed E-state index contributed by atoms with van der Waals surface area (Å²) < 4.78 is 37.3. The molecule has 5 aromatic carbocycles. The van der Waals surface area contributed by atoms with E-state index in [2.05, 4.69) is 44.5 Å². The summed E-state index contributed by atoms with van der Waals surface area (Å²) in [5.41, 5.74) is 9.58. The van der Waals surface area contributed by atoms with Crippen LogP contribution in [0.5, 0.6) is 5.88 Å². The van der Waals surface area contributed by atoms with Gasteiger partial charge in [-0.2, -0.15) is 9.97 Å². The summed E-state index contributed by atoms with van der Waals surface area (Å²) >= 11 is 0. The number of hydrogen-bond acceptors (Lipinski definition) is 12. The van der Waals surface area contributed by atoms with E-state index >= 15 is 0 Å². The smallest absolute Gasteiger partial charge is 0.448 e. The highest BCUT2D eigenvalue weighted by atomic mass is 16.7. The Balaban J connectivity index is 0.867. The lowest BCUT2D eigenvalue weighted by Gasteiger charge is -2.45. The van der Waals surface area contributed by atoms with Crippen LogP contribution in [0.15, 0.2) is 134 Å². The fourth-order valence-corrected chi connectivity index (χ4v) is 9.24. The molecule has 11 rings (SSSR count). The molecule has 1 amide bonds. The second kappa shape index (κ2) is 15.8. The Morgan fingerprint density at radius 1 is 0.694 bits per heavy atom. The topological polar surface area (TPSA) is 165 Å². The number of nitrogens with zero attached hydrogens (tertiary/aromatic N) is 4. The molecule has 7 aromatic rings. The van der Waals surface area contributed by atoms with Gasteiger partial charge in [-0.15, -0.1) is 0 Å². The van der Waals surface area contributed by atoms with Gasteiger partial charge in [0.05, 0.1) is 25.6 Å². The van der Waals surface area contributed by atoms with Gasteiger partial charge in [0.25, 0.3) is 5.88 Å². The molecular formula is C48H39N5O9. The summed E-state index contributed by atoms with van der Waals surface area (Å²) in [5.74, 6) is -0.893. The lowest BCUT2D eigenvalue weighted by atomic mass is 9.97. The van der Waals surface area contributed by atoms with Gasteiger partial charge in [-0.25, -0.2) is 14.6 Å². The second-order valence-corrected chi connectivity index (χ2v) is 15.6. The van der Waals surface area contributed by atoms with Crippen molar-refractivity contribution in [1.29, 1.82) is 0 Å². The zero-order valence-corrected chi connectivity index (χ0v) is 33.1. The lowest BCUT2D eigenvalue weighted by molar-refractivity contribution is -0.306. The van der Waals surface area contributed by atoms with Crippen molar-refractivity contribution in [3.63, 3.8) is 0 Å². The van der Waals surface area contributed by atoms with Crippen molar-refractivity contribution in [2.45, 2.75) is 42.5 Å². The molecule has 0 spiro atoms. The number of anilines is 1. The van der Waals surface area contributed by atoms with Gasteiger partial charge >= 0.3 is 12.2 Å². The molecule has 2 aliphatic carbocycles. The minimum atomic E-state index is -1.10. The van der Waals surface area contributed by atoms with Crippen LogP contribution < -0.4 is 10.1 Å². The summed E-state index contributed by atoms with van der Waals surface area (Å²) in [4.78, 5) is 40.7. The maximum absolute atomic E-state index is 13.5. The predicted molar refractivity (Wildman–Crippen MR) is 225 cm³/mol. The highest BCUT2D eigenvalue weighted by Crippen LogP contribution is 2.46. The third kappa shape index (κ3) is 6.73. The number of aliphatic hydroxyl groups is 1. The molecule has 2 N–H and O–H groups in total. The number of hydrogen-bond donors (Lipinski definition) is 2. The van der Waals surface area contributed by atoms with Crippen LogP contribution in [0.2, 0.25) is 0 Å². The van der Waals surface area contributed by atoms with E-state index in [0.717, 1.165) is 50.1 Å². The van der Waals surface area contributed by atoms with E-state index in [4.69, 9.17) is 28.4 Å². The first kappa shape index (κ1) is 38.0. The Morgan fingerprint density at radius 3 is 1.87 bits per heavy atom. The van der Waals surface area contributed by atoms with E-state index in [-0.39, 0.29) is 61.3 Å². The molecule has 4 heterocycles. The number of nitrogens with one attached hydrogen (secondary N) is 1. The molecular weight excluding hydrogens is 791 g/mol. The molecule has 62 heavy (non-hydrogen) atoms. The van der Waals surface area contributed by atoms with Crippen molar-refractivity contribution in [2.75, 3.05) is 31.7 Å². The maximum Gasteiger partial charge on any atom is 0.515 e. The highest BCUT2D eigenvalue weighted by Gasteiger charge is 2.46. The van der Waals surface area contributed by atoms with Gasteiger partial charge in [0, 0.05) is 17.4 Å². The van der Waals surface area contributed by atoms with Crippen molar-refractivity contribution in [1.82, 2.24) is 19.5 Å². The van der Waals surface area contributed by atoms with E-state index in [0.29, 0.717) is 0 Å². The number of aromatic nitrogens is 4. The Morgan fingerprint density at radius 2 is 1.26 bits per heavy atom. The molecule has 0 bridgehead atoms. The van der Waals surface area contributed by atoms with Gasteiger partial charge in [-0.05, 0) is 44.5 Å². The summed E-state index contributed by atoms with van der Waals surface area (Å²) in [5, 5.41) is 14.5.